The summed E-state index contributed by atoms with van der Waals surface area (Å²) in [7, 11) is 0. The van der Waals surface area contributed by atoms with Crippen LogP contribution in [-0.4, -0.2) is 23.1 Å². The molecule has 2 aromatic carbocycles. The third-order valence-corrected chi connectivity index (χ3v) is 8.40. The van der Waals surface area contributed by atoms with Crippen molar-refractivity contribution in [1.82, 2.24) is 0 Å². The van der Waals surface area contributed by atoms with Gasteiger partial charge in [0.15, 0.2) is 17.3 Å². The topological polar surface area (TPSA) is 68.3 Å². The molecule has 184 valence electrons. The van der Waals surface area contributed by atoms with Crippen LogP contribution < -0.4 is 0 Å². The Morgan fingerprint density at radius 3 is 2.25 bits per heavy atom. The maximum Gasteiger partial charge on any atom is 0.189 e. The Balaban J connectivity index is 1.59. The lowest BCUT2D eigenvalue weighted by atomic mass is 9.59. The molecule has 3 unspecified atom stereocenters. The third-order valence-electron chi connectivity index (χ3n) is 8.40. The van der Waals surface area contributed by atoms with E-state index >= 15 is 0 Å². The second-order valence-corrected chi connectivity index (χ2v) is 10.9. The summed E-state index contributed by atoms with van der Waals surface area (Å²) in [6, 6.07) is 12.2. The van der Waals surface area contributed by atoms with Gasteiger partial charge in [0, 0.05) is 23.5 Å². The molecule has 3 atom stereocenters. The molecule has 5 rings (SSSR count). The van der Waals surface area contributed by atoms with Gasteiger partial charge in [-0.15, -0.1) is 0 Å². The Bertz CT molecular complexity index is 1400. The molecule has 4 heteroatoms. The summed E-state index contributed by atoms with van der Waals surface area (Å²) in [6.07, 6.45) is 2.69. The number of aryl methyl sites for hydroxylation is 1. The number of rotatable bonds is 4. The molecule has 3 aliphatic rings. The fraction of sp³-hybridized carbons (Fsp3) is 0.375. The van der Waals surface area contributed by atoms with Gasteiger partial charge in [-0.2, -0.15) is 0 Å². The number of hydrogen-bond acceptors (Lipinski definition) is 4. The first-order chi connectivity index (χ1) is 17.1. The number of carbonyl (C=O) groups is 4. The second-order valence-electron chi connectivity index (χ2n) is 10.9. The third kappa shape index (κ3) is 3.84. The van der Waals surface area contributed by atoms with Gasteiger partial charge in [-0.1, -0.05) is 47.5 Å². The number of Topliss-reactive ketones (excluding diaryl/α,β-unsaturated/α-hetero) is 4. The zero-order valence-corrected chi connectivity index (χ0v) is 21.7. The summed E-state index contributed by atoms with van der Waals surface area (Å²) in [5.41, 5.74) is 8.75. The lowest BCUT2D eigenvalue weighted by Crippen LogP contribution is -2.41. The quantitative estimate of drug-likeness (QED) is 0.505. The molecule has 0 saturated heterocycles. The highest BCUT2D eigenvalue weighted by Crippen LogP contribution is 2.50. The summed E-state index contributed by atoms with van der Waals surface area (Å²) in [5, 5.41) is 0. The Hall–Kier alpha value is -3.40. The van der Waals surface area contributed by atoms with E-state index in [9.17, 15) is 19.2 Å². The summed E-state index contributed by atoms with van der Waals surface area (Å²) < 4.78 is 0. The molecule has 2 aromatic rings. The van der Waals surface area contributed by atoms with Gasteiger partial charge in [0.05, 0.1) is 5.57 Å². The van der Waals surface area contributed by atoms with E-state index in [0.29, 0.717) is 12.0 Å². The number of benzene rings is 2. The maximum absolute atomic E-state index is 14.0. The highest BCUT2D eigenvalue weighted by molar-refractivity contribution is 6.22. The van der Waals surface area contributed by atoms with E-state index in [2.05, 4.69) is 6.07 Å². The van der Waals surface area contributed by atoms with Crippen molar-refractivity contribution in [3.8, 4) is 11.1 Å². The second kappa shape index (κ2) is 8.92. The molecular weight excluding hydrogens is 448 g/mol. The van der Waals surface area contributed by atoms with Crippen molar-refractivity contribution >= 4 is 23.1 Å². The van der Waals surface area contributed by atoms with Crippen molar-refractivity contribution in [3.63, 3.8) is 0 Å². The number of ketones is 4. The summed E-state index contributed by atoms with van der Waals surface area (Å²) in [4.78, 5) is 51.1. The smallest absolute Gasteiger partial charge is 0.189 e. The first-order valence-electron chi connectivity index (χ1n) is 12.8. The first kappa shape index (κ1) is 24.3. The highest BCUT2D eigenvalue weighted by atomic mass is 16.2. The van der Waals surface area contributed by atoms with Gasteiger partial charge >= 0.3 is 0 Å². The average Bonchev–Trinajstić information content (AvgIpc) is 2.78. The predicted octanol–water partition coefficient (Wildman–Crippen LogP) is 5.98. The molecule has 0 heterocycles. The molecule has 0 aliphatic heterocycles. The van der Waals surface area contributed by atoms with Crippen LogP contribution in [0.2, 0.25) is 0 Å². The molecule has 0 fully saturated rings. The van der Waals surface area contributed by atoms with Gasteiger partial charge in [0.2, 0.25) is 0 Å². The number of allylic oxidation sites excluding steroid dienone is 4. The van der Waals surface area contributed by atoms with Crippen LogP contribution in [0.15, 0.2) is 58.7 Å². The minimum absolute atomic E-state index is 0.0354. The molecule has 0 N–H and O–H groups in total. The van der Waals surface area contributed by atoms with Gasteiger partial charge < -0.3 is 0 Å². The normalized spacial score (nSPS) is 23.3. The van der Waals surface area contributed by atoms with E-state index < -0.39 is 0 Å². The van der Waals surface area contributed by atoms with Gasteiger partial charge in [-0.25, -0.2) is 0 Å². The van der Waals surface area contributed by atoms with Crippen molar-refractivity contribution in [2.45, 2.75) is 60.3 Å². The molecule has 0 aromatic heterocycles. The largest absolute Gasteiger partial charge is 0.300 e. The molecule has 0 saturated carbocycles. The molecular formula is C32H32O4. The molecule has 0 amide bonds. The van der Waals surface area contributed by atoms with Gasteiger partial charge in [0.1, 0.15) is 5.78 Å². The van der Waals surface area contributed by atoms with Crippen LogP contribution in [-0.2, 0) is 27.2 Å². The minimum atomic E-state index is -0.373. The van der Waals surface area contributed by atoms with Gasteiger partial charge in [0.25, 0.3) is 0 Å². The van der Waals surface area contributed by atoms with E-state index in [4.69, 9.17) is 0 Å². The van der Waals surface area contributed by atoms with Gasteiger partial charge in [-0.05, 0) is 93.5 Å². The fourth-order valence-corrected chi connectivity index (χ4v) is 6.99. The van der Waals surface area contributed by atoms with Crippen LogP contribution in [0, 0.1) is 24.7 Å². The van der Waals surface area contributed by atoms with Crippen molar-refractivity contribution in [1.29, 1.82) is 0 Å². The Morgan fingerprint density at radius 2 is 1.61 bits per heavy atom. The SMILES string of the molecule is CC(=O)Cc1ccc(-c2ccc(C)c3c2CC2CC4CC(C)=C(C(C)=O)C(=O)C4C(C)=C2C3=O)cc1. The number of fused-ring (bicyclic) bond motifs is 3. The van der Waals surface area contributed by atoms with Crippen LogP contribution >= 0.6 is 0 Å². The van der Waals surface area contributed by atoms with Crippen molar-refractivity contribution in [3.05, 3.63) is 80.9 Å². The molecule has 0 bridgehead atoms. The molecule has 4 nitrogen and oxygen atoms in total. The minimum Gasteiger partial charge on any atom is -0.300 e. The standard InChI is InChI=1S/C32H32O4/c1-16-6-11-25(22-9-7-21(8-10-22)13-18(3)33)26-15-24-14-23-12-17(2)27(20(5)34)31(35)29(23)19(4)30(24)32(36)28(16)26/h6-11,23-24,29H,12-15H2,1-5H3. The molecule has 0 radical (unpaired) electrons. The zero-order valence-electron chi connectivity index (χ0n) is 21.7. The van der Waals surface area contributed by atoms with Gasteiger partial charge in [-0.3, -0.25) is 19.2 Å². The van der Waals surface area contributed by atoms with Crippen molar-refractivity contribution in [2.75, 3.05) is 0 Å². The zero-order chi connectivity index (χ0) is 25.9. The lowest BCUT2D eigenvalue weighted by molar-refractivity contribution is -0.124. The van der Waals surface area contributed by atoms with Crippen molar-refractivity contribution in [2.24, 2.45) is 17.8 Å². The summed E-state index contributed by atoms with van der Waals surface area (Å²) in [5.74, 6) is -0.283. The van der Waals surface area contributed by atoms with Crippen LogP contribution in [0.25, 0.3) is 11.1 Å². The molecule has 0 spiro atoms. The first-order valence-corrected chi connectivity index (χ1v) is 12.8. The predicted molar refractivity (Wildman–Crippen MR) is 140 cm³/mol. The average molecular weight is 481 g/mol. The summed E-state index contributed by atoms with van der Waals surface area (Å²) in [6.45, 7) is 8.87. The van der Waals surface area contributed by atoms with Crippen LogP contribution in [0.4, 0.5) is 0 Å². The number of hydrogen-bond donors (Lipinski definition) is 0. The van der Waals surface area contributed by atoms with E-state index in [0.717, 1.165) is 69.4 Å². The van der Waals surface area contributed by atoms with Crippen LogP contribution in [0.3, 0.4) is 0 Å². The Morgan fingerprint density at radius 1 is 0.917 bits per heavy atom. The Kier molecular flexibility index (Phi) is 6.02. The Labute approximate surface area is 212 Å². The number of carbonyl (C=O) groups excluding carboxylic acids is 4. The molecule has 36 heavy (non-hydrogen) atoms. The van der Waals surface area contributed by atoms with E-state index in [-0.39, 0.29) is 40.9 Å². The van der Waals surface area contributed by atoms with Crippen molar-refractivity contribution < 1.29 is 19.2 Å². The fourth-order valence-electron chi connectivity index (χ4n) is 6.99. The van der Waals surface area contributed by atoms with Crippen LogP contribution in [0.1, 0.15) is 67.6 Å². The lowest BCUT2D eigenvalue weighted by Gasteiger charge is -2.43. The summed E-state index contributed by atoms with van der Waals surface area (Å²) >= 11 is 0. The van der Waals surface area contributed by atoms with E-state index in [1.807, 2.05) is 51.1 Å². The molecule has 3 aliphatic carbocycles. The van der Waals surface area contributed by atoms with Crippen LogP contribution in [0.5, 0.6) is 0 Å². The van der Waals surface area contributed by atoms with E-state index in [1.54, 1.807) is 6.92 Å². The maximum atomic E-state index is 14.0. The van der Waals surface area contributed by atoms with E-state index in [1.165, 1.54) is 6.92 Å². The highest BCUT2D eigenvalue weighted by Gasteiger charge is 2.47. The monoisotopic (exact) mass is 480 g/mol.